The summed E-state index contributed by atoms with van der Waals surface area (Å²) in [7, 11) is -3.72. The molecule has 1 aromatic heterocycles. The first kappa shape index (κ1) is 14.2. The van der Waals surface area contributed by atoms with Crippen molar-refractivity contribution >= 4 is 32.5 Å². The summed E-state index contributed by atoms with van der Waals surface area (Å²) in [5.74, 6) is -0.602. The molecule has 0 bridgehead atoms. The number of aromatic amines is 1. The predicted molar refractivity (Wildman–Crippen MR) is 84.1 cm³/mol. The van der Waals surface area contributed by atoms with E-state index in [0.717, 1.165) is 10.9 Å². The van der Waals surface area contributed by atoms with E-state index < -0.39 is 15.9 Å². The molecule has 4 N–H and O–H groups in total. The monoisotopic (exact) mass is 315 g/mol. The van der Waals surface area contributed by atoms with Crippen molar-refractivity contribution in [3.8, 4) is 0 Å². The summed E-state index contributed by atoms with van der Waals surface area (Å²) in [4.78, 5) is 14.1. The second kappa shape index (κ2) is 5.19. The van der Waals surface area contributed by atoms with Crippen molar-refractivity contribution in [2.24, 2.45) is 5.73 Å². The Bertz CT molecular complexity index is 944. The van der Waals surface area contributed by atoms with Crippen molar-refractivity contribution in [3.63, 3.8) is 0 Å². The van der Waals surface area contributed by atoms with Crippen LogP contribution in [0.1, 0.15) is 10.4 Å². The molecule has 1 amide bonds. The summed E-state index contributed by atoms with van der Waals surface area (Å²) >= 11 is 0. The molecule has 0 saturated heterocycles. The van der Waals surface area contributed by atoms with Gasteiger partial charge in [-0.2, -0.15) is 0 Å². The number of carbonyl (C=O) groups is 1. The Hall–Kier alpha value is -2.80. The number of fused-ring (bicyclic) bond motifs is 1. The molecule has 0 aliphatic heterocycles. The third kappa shape index (κ3) is 2.66. The van der Waals surface area contributed by atoms with Crippen LogP contribution in [0.15, 0.2) is 59.6 Å². The number of amides is 1. The number of hydrogen-bond donors (Lipinski definition) is 3. The lowest BCUT2D eigenvalue weighted by Crippen LogP contribution is -2.14. The number of H-pyrrole nitrogens is 1. The van der Waals surface area contributed by atoms with Gasteiger partial charge >= 0.3 is 0 Å². The van der Waals surface area contributed by atoms with Gasteiger partial charge in [0.2, 0.25) is 5.91 Å². The molecule has 0 unspecified atom stereocenters. The van der Waals surface area contributed by atoms with Gasteiger partial charge in [-0.3, -0.25) is 9.52 Å². The molecule has 0 radical (unpaired) electrons. The number of hydrogen-bond acceptors (Lipinski definition) is 3. The molecular weight excluding hydrogens is 302 g/mol. The van der Waals surface area contributed by atoms with E-state index in [-0.39, 0.29) is 10.5 Å². The van der Waals surface area contributed by atoms with Crippen LogP contribution < -0.4 is 10.5 Å². The van der Waals surface area contributed by atoms with Crippen molar-refractivity contribution in [3.05, 3.63) is 60.3 Å². The second-order valence-corrected chi connectivity index (χ2v) is 6.46. The zero-order chi connectivity index (χ0) is 15.7. The normalized spacial score (nSPS) is 11.5. The van der Waals surface area contributed by atoms with Gasteiger partial charge in [-0.1, -0.05) is 0 Å². The fourth-order valence-electron chi connectivity index (χ4n) is 2.13. The molecule has 0 aliphatic rings. The highest BCUT2D eigenvalue weighted by Gasteiger charge is 2.15. The molecule has 22 heavy (non-hydrogen) atoms. The summed E-state index contributed by atoms with van der Waals surface area (Å²) in [6.07, 6.45) is 1.78. The maximum Gasteiger partial charge on any atom is 0.261 e. The van der Waals surface area contributed by atoms with E-state index in [2.05, 4.69) is 9.71 Å². The van der Waals surface area contributed by atoms with Crippen LogP contribution in [0.2, 0.25) is 0 Å². The van der Waals surface area contributed by atoms with Gasteiger partial charge < -0.3 is 10.7 Å². The maximum absolute atomic E-state index is 12.3. The molecule has 7 heteroatoms. The predicted octanol–water partition coefficient (Wildman–Crippen LogP) is 2.07. The van der Waals surface area contributed by atoms with Gasteiger partial charge in [0.15, 0.2) is 0 Å². The molecule has 0 fully saturated rings. The average molecular weight is 315 g/mol. The topological polar surface area (TPSA) is 105 Å². The molecule has 112 valence electrons. The van der Waals surface area contributed by atoms with Crippen molar-refractivity contribution in [2.75, 3.05) is 4.72 Å². The zero-order valence-electron chi connectivity index (χ0n) is 11.4. The number of benzene rings is 2. The Morgan fingerprint density at radius 3 is 2.45 bits per heavy atom. The first-order chi connectivity index (χ1) is 10.5. The third-order valence-corrected chi connectivity index (χ3v) is 4.65. The molecule has 0 saturated carbocycles. The number of rotatable bonds is 4. The molecule has 3 aromatic rings. The maximum atomic E-state index is 12.3. The summed E-state index contributed by atoms with van der Waals surface area (Å²) in [5.41, 5.74) is 6.78. The molecule has 0 spiro atoms. The largest absolute Gasteiger partial charge is 0.366 e. The van der Waals surface area contributed by atoms with Crippen LogP contribution >= 0.6 is 0 Å². The molecule has 0 aliphatic carbocycles. The van der Waals surface area contributed by atoms with Crippen LogP contribution in [0.3, 0.4) is 0 Å². The number of nitrogens with one attached hydrogen (secondary N) is 2. The van der Waals surface area contributed by atoms with Crippen LogP contribution in [-0.4, -0.2) is 19.3 Å². The standard InChI is InChI=1S/C15H13N3O3S/c16-15(19)10-1-4-13(5-2-10)22(20,21)18-12-3-6-14-11(9-12)7-8-17-14/h1-9,17-18H,(H2,16,19). The molecule has 3 rings (SSSR count). The Balaban J connectivity index is 1.90. The fraction of sp³-hybridized carbons (Fsp3) is 0. The highest BCUT2D eigenvalue weighted by atomic mass is 32.2. The Morgan fingerprint density at radius 1 is 1.05 bits per heavy atom. The first-order valence-electron chi connectivity index (χ1n) is 6.45. The van der Waals surface area contributed by atoms with Crippen molar-refractivity contribution in [1.29, 1.82) is 0 Å². The van der Waals surface area contributed by atoms with Gasteiger partial charge in [0.1, 0.15) is 0 Å². The average Bonchev–Trinajstić information content (AvgIpc) is 2.94. The van der Waals surface area contributed by atoms with Crippen LogP contribution in [-0.2, 0) is 10.0 Å². The summed E-state index contributed by atoms with van der Waals surface area (Å²) in [5, 5.41) is 0.907. The molecule has 6 nitrogen and oxygen atoms in total. The van der Waals surface area contributed by atoms with E-state index in [0.29, 0.717) is 5.69 Å². The van der Waals surface area contributed by atoms with Crippen LogP contribution in [0.25, 0.3) is 10.9 Å². The Morgan fingerprint density at radius 2 is 1.77 bits per heavy atom. The smallest absolute Gasteiger partial charge is 0.261 e. The number of sulfonamides is 1. The van der Waals surface area contributed by atoms with Crippen molar-refractivity contribution < 1.29 is 13.2 Å². The second-order valence-electron chi connectivity index (χ2n) is 4.77. The van der Waals surface area contributed by atoms with Crippen LogP contribution in [0.4, 0.5) is 5.69 Å². The summed E-state index contributed by atoms with van der Waals surface area (Å²) in [6.45, 7) is 0. The number of anilines is 1. The summed E-state index contributed by atoms with van der Waals surface area (Å²) < 4.78 is 27.2. The third-order valence-electron chi connectivity index (χ3n) is 3.25. The lowest BCUT2D eigenvalue weighted by molar-refractivity contribution is 0.1000. The van der Waals surface area contributed by atoms with Gasteiger partial charge in [-0.15, -0.1) is 0 Å². The lowest BCUT2D eigenvalue weighted by Gasteiger charge is -2.08. The number of aromatic nitrogens is 1. The lowest BCUT2D eigenvalue weighted by atomic mass is 10.2. The minimum absolute atomic E-state index is 0.0617. The Kier molecular flexibility index (Phi) is 3.34. The fourth-order valence-corrected chi connectivity index (χ4v) is 3.18. The highest BCUT2D eigenvalue weighted by molar-refractivity contribution is 7.92. The van der Waals surface area contributed by atoms with E-state index in [1.54, 1.807) is 24.4 Å². The van der Waals surface area contributed by atoms with Crippen molar-refractivity contribution in [2.45, 2.75) is 4.90 Å². The van der Waals surface area contributed by atoms with Gasteiger partial charge in [0, 0.05) is 28.4 Å². The van der Waals surface area contributed by atoms with E-state index in [1.165, 1.54) is 24.3 Å². The zero-order valence-corrected chi connectivity index (χ0v) is 12.2. The number of carbonyl (C=O) groups excluding carboxylic acids is 1. The first-order valence-corrected chi connectivity index (χ1v) is 7.94. The van der Waals surface area contributed by atoms with E-state index in [1.807, 2.05) is 6.07 Å². The minimum Gasteiger partial charge on any atom is -0.366 e. The van der Waals surface area contributed by atoms with Crippen LogP contribution in [0.5, 0.6) is 0 Å². The quantitative estimate of drug-likeness (QED) is 0.686. The van der Waals surface area contributed by atoms with Gasteiger partial charge in [0.05, 0.1) is 4.90 Å². The molecular formula is C15H13N3O3S. The molecule has 2 aromatic carbocycles. The van der Waals surface area contributed by atoms with Gasteiger partial charge in [-0.25, -0.2) is 8.42 Å². The van der Waals surface area contributed by atoms with Crippen LogP contribution in [0, 0.1) is 0 Å². The summed E-state index contributed by atoms with van der Waals surface area (Å²) in [6, 6.07) is 12.5. The SMILES string of the molecule is NC(=O)c1ccc(S(=O)(=O)Nc2ccc3[nH]ccc3c2)cc1. The van der Waals surface area contributed by atoms with Gasteiger partial charge in [-0.05, 0) is 48.5 Å². The molecule has 0 atom stereocenters. The Labute approximate surface area is 127 Å². The van der Waals surface area contributed by atoms with E-state index in [4.69, 9.17) is 5.73 Å². The number of primary amides is 1. The highest BCUT2D eigenvalue weighted by Crippen LogP contribution is 2.21. The van der Waals surface area contributed by atoms with Crippen molar-refractivity contribution in [1.82, 2.24) is 4.98 Å². The number of nitrogens with two attached hydrogens (primary N) is 1. The van der Waals surface area contributed by atoms with E-state index in [9.17, 15) is 13.2 Å². The molecule has 1 heterocycles. The minimum atomic E-state index is -3.72. The van der Waals surface area contributed by atoms with E-state index >= 15 is 0 Å². The van der Waals surface area contributed by atoms with Gasteiger partial charge in [0.25, 0.3) is 10.0 Å².